The van der Waals surface area contributed by atoms with Gasteiger partial charge in [-0.25, -0.2) is 8.42 Å². The van der Waals surface area contributed by atoms with Gasteiger partial charge in [0.2, 0.25) is 0 Å². The Bertz CT molecular complexity index is 561. The van der Waals surface area contributed by atoms with Crippen LogP contribution < -0.4 is 5.73 Å². The molecule has 0 aliphatic rings. The van der Waals surface area contributed by atoms with Gasteiger partial charge in [-0.2, -0.15) is 0 Å². The lowest BCUT2D eigenvalue weighted by atomic mass is 10.3. The van der Waals surface area contributed by atoms with Crippen molar-refractivity contribution in [1.29, 1.82) is 0 Å². The molecule has 0 aromatic carbocycles. The Labute approximate surface area is 115 Å². The topological polar surface area (TPSA) is 80.5 Å². The monoisotopic (exact) mass is 308 g/mol. The fourth-order valence-corrected chi connectivity index (χ4v) is 5.27. The van der Waals surface area contributed by atoms with E-state index in [0.29, 0.717) is 4.21 Å². The first-order valence-corrected chi connectivity index (χ1v) is 8.86. The van der Waals surface area contributed by atoms with Crippen molar-refractivity contribution in [2.75, 3.05) is 31.8 Å². The summed E-state index contributed by atoms with van der Waals surface area (Å²) in [4.78, 5) is 13.7. The van der Waals surface area contributed by atoms with E-state index in [1.807, 2.05) is 0 Å². The van der Waals surface area contributed by atoms with Crippen molar-refractivity contribution in [2.24, 2.45) is 0 Å². The summed E-state index contributed by atoms with van der Waals surface area (Å²) >= 11 is 2.42. The average Bonchev–Trinajstić information content (AvgIpc) is 2.65. The number of anilines is 1. The number of thiophene rings is 1. The lowest BCUT2D eigenvalue weighted by Gasteiger charge is -2.09. The quantitative estimate of drug-likeness (QED) is 0.854. The van der Waals surface area contributed by atoms with Gasteiger partial charge in [0.15, 0.2) is 9.84 Å². The minimum absolute atomic E-state index is 0.0307. The van der Waals surface area contributed by atoms with Gasteiger partial charge in [-0.3, -0.25) is 4.79 Å². The van der Waals surface area contributed by atoms with E-state index in [1.54, 1.807) is 27.3 Å². The van der Waals surface area contributed by atoms with Gasteiger partial charge in [0, 0.05) is 14.1 Å². The Kier molecular flexibility index (Phi) is 4.68. The van der Waals surface area contributed by atoms with Gasteiger partial charge in [-0.05, 0) is 6.26 Å². The van der Waals surface area contributed by atoms with E-state index in [2.05, 4.69) is 0 Å². The van der Waals surface area contributed by atoms with E-state index in [4.69, 9.17) is 5.73 Å². The van der Waals surface area contributed by atoms with Crippen LogP contribution in [0.4, 0.5) is 5.69 Å². The first kappa shape index (κ1) is 15.3. The Morgan fingerprint density at radius 3 is 2.39 bits per heavy atom. The Morgan fingerprint density at radius 1 is 1.44 bits per heavy atom. The summed E-state index contributed by atoms with van der Waals surface area (Å²) < 4.78 is 24.6. The van der Waals surface area contributed by atoms with Crippen LogP contribution >= 0.6 is 23.1 Å². The third kappa shape index (κ3) is 2.65. The first-order chi connectivity index (χ1) is 8.26. The number of carbonyl (C=O) groups excluding carboxylic acids is 1. The van der Waals surface area contributed by atoms with Gasteiger partial charge in [0.25, 0.3) is 5.91 Å². The maximum Gasteiger partial charge on any atom is 0.265 e. The van der Waals surface area contributed by atoms with Crippen LogP contribution in [0.3, 0.4) is 0 Å². The van der Waals surface area contributed by atoms with Crippen LogP contribution in [0.25, 0.3) is 0 Å². The minimum Gasteiger partial charge on any atom is -0.396 e. The van der Waals surface area contributed by atoms with Crippen LogP contribution in [-0.2, 0) is 9.84 Å². The molecule has 5 nitrogen and oxygen atoms in total. The predicted molar refractivity (Wildman–Crippen MR) is 76.3 cm³/mol. The van der Waals surface area contributed by atoms with Crippen LogP contribution in [0.5, 0.6) is 0 Å². The molecule has 1 heterocycles. The summed E-state index contributed by atoms with van der Waals surface area (Å²) in [5.74, 6) is -0.303. The lowest BCUT2D eigenvalue weighted by molar-refractivity contribution is 0.0833. The Balaban J connectivity index is 3.51. The number of hydrogen-bond acceptors (Lipinski definition) is 6. The Morgan fingerprint density at radius 2 is 2.00 bits per heavy atom. The van der Waals surface area contributed by atoms with E-state index >= 15 is 0 Å². The zero-order valence-corrected chi connectivity index (χ0v) is 13.1. The number of sulfone groups is 1. The Hall–Kier alpha value is -0.730. The van der Waals surface area contributed by atoms with Gasteiger partial charge in [0.1, 0.15) is 9.77 Å². The highest BCUT2D eigenvalue weighted by atomic mass is 32.2. The average molecular weight is 308 g/mol. The number of carbonyl (C=O) groups is 1. The predicted octanol–water partition coefficient (Wildman–Crippen LogP) is 1.55. The minimum atomic E-state index is -3.42. The van der Waals surface area contributed by atoms with E-state index in [9.17, 15) is 13.2 Å². The molecule has 0 bridgehead atoms. The number of nitrogens with two attached hydrogens (primary N) is 1. The van der Waals surface area contributed by atoms with Crippen LogP contribution in [-0.4, -0.2) is 45.3 Å². The van der Waals surface area contributed by atoms with Crippen molar-refractivity contribution in [1.82, 2.24) is 4.90 Å². The standard InChI is InChI=1S/C10H16N2O3S3/c1-5-18(14,15)8-6(11)7(9(13)12(2)3)17-10(8)16-4/h5,11H2,1-4H3. The zero-order chi connectivity index (χ0) is 14.1. The van der Waals surface area contributed by atoms with Crippen LogP contribution in [0.15, 0.2) is 9.10 Å². The molecular formula is C10H16N2O3S3. The molecule has 0 unspecified atom stereocenters. The summed E-state index contributed by atoms with van der Waals surface area (Å²) in [6.07, 6.45) is 1.77. The largest absolute Gasteiger partial charge is 0.396 e. The third-order valence-electron chi connectivity index (χ3n) is 2.35. The summed E-state index contributed by atoms with van der Waals surface area (Å²) in [6, 6.07) is 0. The van der Waals surface area contributed by atoms with E-state index < -0.39 is 9.84 Å². The molecule has 2 N–H and O–H groups in total. The van der Waals surface area contributed by atoms with Crippen molar-refractivity contribution in [2.45, 2.75) is 16.0 Å². The molecular weight excluding hydrogens is 292 g/mol. The van der Waals surface area contributed by atoms with Crippen molar-refractivity contribution in [3.63, 3.8) is 0 Å². The lowest BCUT2D eigenvalue weighted by Crippen LogP contribution is -2.21. The van der Waals surface area contributed by atoms with Gasteiger partial charge in [0.05, 0.1) is 15.6 Å². The van der Waals surface area contributed by atoms with Crippen molar-refractivity contribution in [3.05, 3.63) is 4.88 Å². The van der Waals surface area contributed by atoms with Gasteiger partial charge in [-0.15, -0.1) is 23.1 Å². The second kappa shape index (κ2) is 5.50. The highest BCUT2D eigenvalue weighted by Crippen LogP contribution is 2.41. The molecule has 0 aliphatic heterocycles. The fourth-order valence-electron chi connectivity index (χ4n) is 1.34. The first-order valence-electron chi connectivity index (χ1n) is 5.16. The van der Waals surface area contributed by atoms with E-state index in [0.717, 1.165) is 11.3 Å². The second-order valence-electron chi connectivity index (χ2n) is 3.77. The summed E-state index contributed by atoms with van der Waals surface area (Å²) in [5.41, 5.74) is 5.92. The maximum absolute atomic E-state index is 12.0. The van der Waals surface area contributed by atoms with Gasteiger partial charge >= 0.3 is 0 Å². The SMILES string of the molecule is CCS(=O)(=O)c1c(SC)sc(C(=O)N(C)C)c1N. The number of nitrogen functional groups attached to an aromatic ring is 1. The molecule has 0 atom stereocenters. The molecule has 1 amide bonds. The molecule has 0 fully saturated rings. The zero-order valence-electron chi connectivity index (χ0n) is 10.7. The molecule has 1 aromatic heterocycles. The molecule has 0 aliphatic carbocycles. The van der Waals surface area contributed by atoms with Crippen molar-refractivity contribution < 1.29 is 13.2 Å². The van der Waals surface area contributed by atoms with E-state index in [1.165, 1.54) is 16.7 Å². The van der Waals surface area contributed by atoms with Crippen LogP contribution in [0.2, 0.25) is 0 Å². The summed E-state index contributed by atoms with van der Waals surface area (Å²) in [6.45, 7) is 1.56. The van der Waals surface area contributed by atoms with Gasteiger partial charge in [-0.1, -0.05) is 6.92 Å². The van der Waals surface area contributed by atoms with Crippen molar-refractivity contribution in [3.8, 4) is 0 Å². The number of hydrogen-bond donors (Lipinski definition) is 1. The van der Waals surface area contributed by atoms with Crippen LogP contribution in [0, 0.1) is 0 Å². The van der Waals surface area contributed by atoms with Crippen LogP contribution in [0.1, 0.15) is 16.6 Å². The number of nitrogens with zero attached hydrogens (tertiary/aromatic N) is 1. The molecule has 0 radical (unpaired) electrons. The number of amides is 1. The van der Waals surface area contributed by atoms with Gasteiger partial charge < -0.3 is 10.6 Å². The highest BCUT2D eigenvalue weighted by molar-refractivity contribution is 8.01. The highest BCUT2D eigenvalue weighted by Gasteiger charge is 2.28. The van der Waals surface area contributed by atoms with Crippen molar-refractivity contribution >= 4 is 44.5 Å². The third-order valence-corrected chi connectivity index (χ3v) is 6.72. The summed E-state index contributed by atoms with van der Waals surface area (Å²) in [5, 5.41) is 0. The number of thioether (sulfide) groups is 1. The maximum atomic E-state index is 12.0. The molecule has 1 aromatic rings. The summed E-state index contributed by atoms with van der Waals surface area (Å²) in [7, 11) is -0.205. The second-order valence-corrected chi connectivity index (χ2v) is 8.08. The molecule has 0 spiro atoms. The number of rotatable bonds is 4. The molecule has 0 saturated heterocycles. The molecule has 0 saturated carbocycles. The molecule has 18 heavy (non-hydrogen) atoms. The fraction of sp³-hybridized carbons (Fsp3) is 0.500. The molecule has 8 heteroatoms. The normalized spacial score (nSPS) is 11.6. The molecule has 102 valence electrons. The smallest absolute Gasteiger partial charge is 0.265 e. The molecule has 1 rings (SSSR count). The van der Waals surface area contributed by atoms with E-state index in [-0.39, 0.29) is 27.1 Å².